The van der Waals surface area contributed by atoms with Crippen LogP contribution in [0.25, 0.3) is 28.1 Å². The lowest BCUT2D eigenvalue weighted by atomic mass is 10.0. The molecule has 154 valence electrons. The standard InChI is InChI=1S/C22H24N6O.3H2/c23-20-19(21-26-16-7-3-4-8-17(16)27-21)25-18(13-24-20)14-9-11-28(12-10-14)22(29)15-5-1-2-6-15;;;/h3-4,7-9,13,15H,1-2,5-6,10-12H2,(H2,23,24)(H,26,27);3*1H. The fourth-order valence-corrected chi connectivity index (χ4v) is 4.33. The highest BCUT2D eigenvalue weighted by molar-refractivity contribution is 5.82. The maximum atomic E-state index is 12.7. The number of imidazole rings is 1. The quantitative estimate of drug-likeness (QED) is 0.695. The number of nitrogens with two attached hydrogens (primary N) is 1. The number of aromatic nitrogens is 4. The van der Waals surface area contributed by atoms with Gasteiger partial charge < -0.3 is 15.6 Å². The van der Waals surface area contributed by atoms with Crippen molar-refractivity contribution in [2.24, 2.45) is 5.92 Å². The number of para-hydroxylation sites is 2. The zero-order chi connectivity index (χ0) is 19.8. The van der Waals surface area contributed by atoms with E-state index >= 15 is 0 Å². The SMILES string of the molecule is Nc1ncc(C2=CCN(C(=O)C3CCCC3)CC2)nc1-c1nc2ccccc2[nH]1.[HH].[HH].[HH]. The summed E-state index contributed by atoms with van der Waals surface area (Å²) in [5.41, 5.74) is 10.4. The van der Waals surface area contributed by atoms with Gasteiger partial charge in [-0.15, -0.1) is 0 Å². The molecule has 1 aliphatic carbocycles. The number of nitrogen functional groups attached to an aromatic ring is 1. The normalized spacial score (nSPS) is 17.7. The fourth-order valence-electron chi connectivity index (χ4n) is 4.33. The van der Waals surface area contributed by atoms with Gasteiger partial charge >= 0.3 is 0 Å². The highest BCUT2D eigenvalue weighted by Crippen LogP contribution is 2.30. The lowest BCUT2D eigenvalue weighted by molar-refractivity contribution is -0.134. The molecule has 3 N–H and O–H groups in total. The molecule has 1 aliphatic heterocycles. The maximum Gasteiger partial charge on any atom is 0.225 e. The summed E-state index contributed by atoms with van der Waals surface area (Å²) in [4.78, 5) is 31.6. The van der Waals surface area contributed by atoms with Crippen molar-refractivity contribution < 1.29 is 9.07 Å². The van der Waals surface area contributed by atoms with Gasteiger partial charge in [-0.05, 0) is 37.0 Å². The predicted octanol–water partition coefficient (Wildman–Crippen LogP) is 4.15. The molecule has 0 bridgehead atoms. The van der Waals surface area contributed by atoms with Gasteiger partial charge in [-0.25, -0.2) is 15.0 Å². The van der Waals surface area contributed by atoms with Gasteiger partial charge in [0, 0.05) is 23.3 Å². The van der Waals surface area contributed by atoms with Crippen molar-refractivity contribution >= 4 is 28.3 Å². The molecule has 0 unspecified atom stereocenters. The van der Waals surface area contributed by atoms with Gasteiger partial charge in [0.1, 0.15) is 5.69 Å². The number of aromatic amines is 1. The summed E-state index contributed by atoms with van der Waals surface area (Å²) < 4.78 is 0. The minimum absolute atomic E-state index is 0. The monoisotopic (exact) mass is 394 g/mol. The molecule has 7 heteroatoms. The molecule has 1 fully saturated rings. The summed E-state index contributed by atoms with van der Waals surface area (Å²) in [7, 11) is 0. The first-order chi connectivity index (χ1) is 14.2. The topological polar surface area (TPSA) is 101 Å². The Balaban J connectivity index is 0.00000121. The molecular weight excluding hydrogens is 364 g/mol. The van der Waals surface area contributed by atoms with Gasteiger partial charge in [0.2, 0.25) is 5.91 Å². The number of hydrogen-bond acceptors (Lipinski definition) is 5. The Labute approximate surface area is 173 Å². The van der Waals surface area contributed by atoms with Gasteiger partial charge in [-0.1, -0.05) is 31.1 Å². The van der Waals surface area contributed by atoms with Crippen LogP contribution in [0, 0.1) is 5.92 Å². The molecule has 0 spiro atoms. The van der Waals surface area contributed by atoms with E-state index in [0.717, 1.165) is 48.1 Å². The van der Waals surface area contributed by atoms with Crippen LogP contribution in [0.2, 0.25) is 0 Å². The van der Waals surface area contributed by atoms with Crippen molar-refractivity contribution in [2.75, 3.05) is 18.8 Å². The zero-order valence-corrected chi connectivity index (χ0v) is 16.3. The Morgan fingerprint density at radius 1 is 1.21 bits per heavy atom. The number of carbonyl (C=O) groups is 1. The van der Waals surface area contributed by atoms with E-state index in [9.17, 15) is 4.79 Å². The van der Waals surface area contributed by atoms with Gasteiger partial charge in [0.15, 0.2) is 11.6 Å². The van der Waals surface area contributed by atoms with Crippen LogP contribution in [0.4, 0.5) is 5.82 Å². The van der Waals surface area contributed by atoms with Crippen LogP contribution in [0.1, 0.15) is 42.1 Å². The fraction of sp³-hybridized carbons (Fsp3) is 0.364. The first-order valence-electron chi connectivity index (χ1n) is 10.2. The molecule has 0 atom stereocenters. The summed E-state index contributed by atoms with van der Waals surface area (Å²) >= 11 is 0. The number of rotatable bonds is 3. The van der Waals surface area contributed by atoms with Crippen LogP contribution in [-0.4, -0.2) is 43.8 Å². The largest absolute Gasteiger partial charge is 0.382 e. The van der Waals surface area contributed by atoms with Crippen LogP contribution >= 0.6 is 0 Å². The van der Waals surface area contributed by atoms with Crippen molar-refractivity contribution in [1.82, 2.24) is 24.8 Å². The molecule has 5 rings (SSSR count). The van der Waals surface area contributed by atoms with E-state index in [1.807, 2.05) is 29.2 Å². The second kappa shape index (κ2) is 7.31. The van der Waals surface area contributed by atoms with E-state index < -0.39 is 0 Å². The number of fused-ring (bicyclic) bond motifs is 1. The molecule has 3 heterocycles. The highest BCUT2D eigenvalue weighted by atomic mass is 16.2. The van der Waals surface area contributed by atoms with E-state index in [0.29, 0.717) is 29.8 Å². The van der Waals surface area contributed by atoms with E-state index in [2.05, 4.69) is 21.0 Å². The van der Waals surface area contributed by atoms with Crippen molar-refractivity contribution in [2.45, 2.75) is 32.1 Å². The molecule has 7 nitrogen and oxygen atoms in total. The van der Waals surface area contributed by atoms with Crippen LogP contribution in [0.15, 0.2) is 36.5 Å². The molecule has 0 radical (unpaired) electrons. The number of amides is 1. The van der Waals surface area contributed by atoms with Crippen molar-refractivity contribution in [3.63, 3.8) is 0 Å². The van der Waals surface area contributed by atoms with Gasteiger partial charge in [0.05, 0.1) is 22.9 Å². The Kier molecular flexibility index (Phi) is 4.50. The van der Waals surface area contributed by atoms with Crippen LogP contribution in [0.3, 0.4) is 0 Å². The highest BCUT2D eigenvalue weighted by Gasteiger charge is 2.28. The Bertz CT molecular complexity index is 1080. The molecule has 29 heavy (non-hydrogen) atoms. The molecule has 1 aromatic carbocycles. The van der Waals surface area contributed by atoms with Crippen LogP contribution in [-0.2, 0) is 4.79 Å². The zero-order valence-electron chi connectivity index (χ0n) is 16.3. The van der Waals surface area contributed by atoms with Crippen LogP contribution < -0.4 is 5.73 Å². The average Bonchev–Trinajstić information content (AvgIpc) is 3.44. The smallest absolute Gasteiger partial charge is 0.225 e. The molecule has 1 saturated carbocycles. The number of anilines is 1. The van der Waals surface area contributed by atoms with Crippen molar-refractivity contribution in [1.29, 1.82) is 0 Å². The number of nitrogens with one attached hydrogen (secondary N) is 1. The lowest BCUT2D eigenvalue weighted by Crippen LogP contribution is -2.38. The van der Waals surface area contributed by atoms with E-state index in [1.54, 1.807) is 6.20 Å². The summed E-state index contributed by atoms with van der Waals surface area (Å²) in [6.07, 6.45) is 9.01. The molecule has 0 saturated heterocycles. The van der Waals surface area contributed by atoms with E-state index in [1.165, 1.54) is 12.8 Å². The molecule has 1 amide bonds. The molecule has 3 aromatic rings. The minimum Gasteiger partial charge on any atom is -0.382 e. The second-order valence-electron chi connectivity index (χ2n) is 7.84. The summed E-state index contributed by atoms with van der Waals surface area (Å²) in [6.45, 7) is 1.36. The lowest BCUT2D eigenvalue weighted by Gasteiger charge is -2.28. The van der Waals surface area contributed by atoms with Gasteiger partial charge in [-0.2, -0.15) is 0 Å². The minimum atomic E-state index is 0. The Hall–Kier alpha value is -3.22. The van der Waals surface area contributed by atoms with E-state index in [-0.39, 0.29) is 10.2 Å². The number of H-pyrrole nitrogens is 1. The number of benzene rings is 1. The summed E-state index contributed by atoms with van der Waals surface area (Å²) in [6, 6.07) is 7.83. The van der Waals surface area contributed by atoms with Crippen molar-refractivity contribution in [3.8, 4) is 11.5 Å². The maximum absolute atomic E-state index is 12.7. The number of carbonyl (C=O) groups excluding carboxylic acids is 1. The van der Waals surface area contributed by atoms with Crippen LogP contribution in [0.5, 0.6) is 0 Å². The number of nitrogens with zero attached hydrogens (tertiary/aromatic N) is 4. The van der Waals surface area contributed by atoms with Gasteiger partial charge in [-0.3, -0.25) is 4.79 Å². The Morgan fingerprint density at radius 3 is 2.79 bits per heavy atom. The van der Waals surface area contributed by atoms with Gasteiger partial charge in [0.25, 0.3) is 0 Å². The third-order valence-corrected chi connectivity index (χ3v) is 5.97. The second-order valence-corrected chi connectivity index (χ2v) is 7.84. The van der Waals surface area contributed by atoms with E-state index in [4.69, 9.17) is 10.7 Å². The average molecular weight is 395 g/mol. The molecule has 2 aromatic heterocycles. The Morgan fingerprint density at radius 2 is 2.03 bits per heavy atom. The third kappa shape index (κ3) is 3.37. The summed E-state index contributed by atoms with van der Waals surface area (Å²) in [5.74, 6) is 1.50. The summed E-state index contributed by atoms with van der Waals surface area (Å²) in [5, 5.41) is 0. The van der Waals surface area contributed by atoms with Crippen molar-refractivity contribution in [3.05, 3.63) is 42.2 Å². The molecular formula is C22H30N6O. The first kappa shape index (κ1) is 17.8. The first-order valence-corrected chi connectivity index (χ1v) is 10.2. The third-order valence-electron chi connectivity index (χ3n) is 5.97. The predicted molar refractivity (Wildman–Crippen MR) is 119 cm³/mol. The molecule has 2 aliphatic rings. The number of hydrogen-bond donors (Lipinski definition) is 2.